The largest absolute Gasteiger partial charge is 0.389 e. The lowest BCUT2D eigenvalue weighted by atomic mass is 10.1. The van der Waals surface area contributed by atoms with Crippen molar-refractivity contribution in [2.75, 3.05) is 0 Å². The van der Waals surface area contributed by atoms with Crippen molar-refractivity contribution in [1.29, 1.82) is 0 Å². The molecule has 0 amide bonds. The zero-order valence-corrected chi connectivity index (χ0v) is 11.0. The van der Waals surface area contributed by atoms with Gasteiger partial charge in [0.15, 0.2) is 0 Å². The second-order valence-corrected chi connectivity index (χ2v) is 5.15. The number of hydrogen-bond donors (Lipinski definition) is 1. The highest BCUT2D eigenvalue weighted by molar-refractivity contribution is 7.99. The molecule has 1 atom stereocenters. The number of halogens is 1. The smallest absolute Gasteiger partial charge is 0.126 e. The number of aryl methyl sites for hydroxylation is 1. The number of pyridine rings is 1. The van der Waals surface area contributed by atoms with E-state index in [-0.39, 0.29) is 5.82 Å². The molecule has 0 bridgehead atoms. The minimum Gasteiger partial charge on any atom is -0.389 e. The van der Waals surface area contributed by atoms with Gasteiger partial charge in [-0.15, -0.1) is 0 Å². The van der Waals surface area contributed by atoms with Crippen LogP contribution in [-0.4, -0.2) is 10.1 Å². The summed E-state index contributed by atoms with van der Waals surface area (Å²) >= 11 is 1.43. The Bertz CT molecular complexity index is 543. The molecule has 94 valence electrons. The highest BCUT2D eigenvalue weighted by Crippen LogP contribution is 2.33. The van der Waals surface area contributed by atoms with Crippen molar-refractivity contribution >= 4 is 11.8 Å². The molecule has 0 fully saturated rings. The van der Waals surface area contributed by atoms with Gasteiger partial charge in [0.05, 0.1) is 6.10 Å². The number of aliphatic hydroxyl groups excluding tert-OH is 1. The van der Waals surface area contributed by atoms with Crippen LogP contribution >= 0.6 is 11.8 Å². The van der Waals surface area contributed by atoms with Gasteiger partial charge in [-0.1, -0.05) is 17.8 Å². The van der Waals surface area contributed by atoms with Crippen LogP contribution in [0.15, 0.2) is 46.5 Å². The molecule has 0 spiro atoms. The van der Waals surface area contributed by atoms with Crippen LogP contribution in [0, 0.1) is 12.7 Å². The zero-order chi connectivity index (χ0) is 13.1. The van der Waals surface area contributed by atoms with Crippen LogP contribution in [0.25, 0.3) is 0 Å². The lowest BCUT2D eigenvalue weighted by molar-refractivity contribution is 0.196. The Balaban J connectivity index is 2.40. The quantitative estimate of drug-likeness (QED) is 0.916. The summed E-state index contributed by atoms with van der Waals surface area (Å²) in [4.78, 5) is 5.05. The topological polar surface area (TPSA) is 33.1 Å². The maximum atomic E-state index is 13.5. The van der Waals surface area contributed by atoms with Gasteiger partial charge in [0, 0.05) is 11.1 Å². The summed E-state index contributed by atoms with van der Waals surface area (Å²) in [5.41, 5.74) is 1.16. The van der Waals surface area contributed by atoms with E-state index in [2.05, 4.69) is 4.98 Å². The van der Waals surface area contributed by atoms with Crippen LogP contribution in [0.1, 0.15) is 24.2 Å². The van der Waals surface area contributed by atoms with Crippen LogP contribution in [0.2, 0.25) is 0 Å². The number of aromatic nitrogens is 1. The summed E-state index contributed by atoms with van der Waals surface area (Å²) in [5.74, 6) is -0.295. The van der Waals surface area contributed by atoms with Crippen LogP contribution in [0.5, 0.6) is 0 Å². The predicted octanol–water partition coefficient (Wildman–Crippen LogP) is 3.73. The molecule has 0 unspecified atom stereocenters. The van der Waals surface area contributed by atoms with E-state index in [1.807, 2.05) is 18.2 Å². The molecule has 2 nitrogen and oxygen atoms in total. The zero-order valence-electron chi connectivity index (χ0n) is 10.2. The Labute approximate surface area is 110 Å². The molecule has 1 N–H and O–H groups in total. The van der Waals surface area contributed by atoms with Gasteiger partial charge < -0.3 is 5.11 Å². The normalized spacial score (nSPS) is 12.4. The molecule has 0 aliphatic carbocycles. The number of rotatable bonds is 3. The average Bonchev–Trinajstić information content (AvgIpc) is 2.34. The predicted molar refractivity (Wildman–Crippen MR) is 70.1 cm³/mol. The molecule has 1 aromatic heterocycles. The van der Waals surface area contributed by atoms with Crippen molar-refractivity contribution in [3.05, 3.63) is 53.5 Å². The molecular formula is C14H14FNOS. The summed E-state index contributed by atoms with van der Waals surface area (Å²) in [7, 11) is 0. The monoisotopic (exact) mass is 263 g/mol. The number of aliphatic hydroxyl groups is 1. The highest BCUT2D eigenvalue weighted by Gasteiger charge is 2.13. The molecular weight excluding hydrogens is 249 g/mol. The minimum atomic E-state index is -0.702. The summed E-state index contributed by atoms with van der Waals surface area (Å²) in [6.07, 6.45) is 1.01. The van der Waals surface area contributed by atoms with Crippen LogP contribution in [-0.2, 0) is 0 Å². The molecule has 2 rings (SSSR count). The second kappa shape index (κ2) is 5.50. The van der Waals surface area contributed by atoms with Crippen molar-refractivity contribution in [2.45, 2.75) is 29.9 Å². The molecule has 1 heterocycles. The van der Waals surface area contributed by atoms with E-state index in [0.717, 1.165) is 9.92 Å². The molecule has 0 aliphatic rings. The van der Waals surface area contributed by atoms with E-state index in [1.165, 1.54) is 17.8 Å². The van der Waals surface area contributed by atoms with Crippen LogP contribution in [0.3, 0.4) is 0 Å². The van der Waals surface area contributed by atoms with Gasteiger partial charge in [-0.25, -0.2) is 9.37 Å². The molecule has 2 aromatic rings. The first-order chi connectivity index (χ1) is 8.58. The van der Waals surface area contributed by atoms with E-state index in [4.69, 9.17) is 0 Å². The van der Waals surface area contributed by atoms with Gasteiger partial charge in [-0.3, -0.25) is 0 Å². The molecule has 0 saturated carbocycles. The Kier molecular flexibility index (Phi) is 3.99. The Morgan fingerprint density at radius 1 is 1.33 bits per heavy atom. The number of benzene rings is 1. The van der Waals surface area contributed by atoms with Gasteiger partial charge in [-0.2, -0.15) is 0 Å². The first-order valence-corrected chi connectivity index (χ1v) is 6.46. The average molecular weight is 263 g/mol. The fourth-order valence-electron chi connectivity index (χ4n) is 1.61. The Morgan fingerprint density at radius 3 is 2.72 bits per heavy atom. The van der Waals surface area contributed by atoms with Gasteiger partial charge >= 0.3 is 0 Å². The van der Waals surface area contributed by atoms with Crippen LogP contribution in [0.4, 0.5) is 4.39 Å². The van der Waals surface area contributed by atoms with E-state index in [9.17, 15) is 9.50 Å². The van der Waals surface area contributed by atoms with Crippen molar-refractivity contribution < 1.29 is 9.50 Å². The first-order valence-electron chi connectivity index (χ1n) is 5.65. The van der Waals surface area contributed by atoms with Crippen molar-refractivity contribution in [1.82, 2.24) is 4.98 Å². The molecule has 1 aromatic carbocycles. The van der Waals surface area contributed by atoms with Crippen LogP contribution < -0.4 is 0 Å². The van der Waals surface area contributed by atoms with Crippen molar-refractivity contribution in [3.63, 3.8) is 0 Å². The lowest BCUT2D eigenvalue weighted by Gasteiger charge is -2.13. The number of nitrogens with zero attached hydrogens (tertiary/aromatic N) is 1. The van der Waals surface area contributed by atoms with E-state index >= 15 is 0 Å². The third kappa shape index (κ3) is 2.89. The molecule has 18 heavy (non-hydrogen) atoms. The maximum absolute atomic E-state index is 13.5. The van der Waals surface area contributed by atoms with Gasteiger partial charge in [0.1, 0.15) is 10.8 Å². The highest BCUT2D eigenvalue weighted by atomic mass is 32.2. The summed E-state index contributed by atoms with van der Waals surface area (Å²) in [6.45, 7) is 3.34. The third-order valence-electron chi connectivity index (χ3n) is 2.59. The van der Waals surface area contributed by atoms with Gasteiger partial charge in [-0.05, 0) is 49.2 Å². The fourth-order valence-corrected chi connectivity index (χ4v) is 2.67. The number of hydrogen-bond acceptors (Lipinski definition) is 3. The van der Waals surface area contributed by atoms with Gasteiger partial charge in [0.2, 0.25) is 0 Å². The van der Waals surface area contributed by atoms with E-state index in [0.29, 0.717) is 11.1 Å². The summed E-state index contributed by atoms with van der Waals surface area (Å²) in [5, 5.41) is 10.5. The lowest BCUT2D eigenvalue weighted by Crippen LogP contribution is -1.97. The second-order valence-electron chi connectivity index (χ2n) is 4.09. The summed E-state index contributed by atoms with van der Waals surface area (Å²) < 4.78 is 13.5. The molecule has 0 radical (unpaired) electrons. The maximum Gasteiger partial charge on any atom is 0.126 e. The van der Waals surface area contributed by atoms with Crippen molar-refractivity contribution in [2.24, 2.45) is 0 Å². The minimum absolute atomic E-state index is 0.295. The first kappa shape index (κ1) is 13.1. The molecule has 0 saturated heterocycles. The summed E-state index contributed by atoms with van der Waals surface area (Å²) in [6, 6.07) is 8.76. The molecule has 4 heteroatoms. The Morgan fingerprint density at radius 2 is 2.11 bits per heavy atom. The fraction of sp³-hybridized carbons (Fsp3) is 0.214. The Hall–Kier alpha value is -1.39. The van der Waals surface area contributed by atoms with Crippen molar-refractivity contribution in [3.8, 4) is 0 Å². The van der Waals surface area contributed by atoms with Gasteiger partial charge in [0.25, 0.3) is 0 Å². The van der Waals surface area contributed by atoms with E-state index in [1.54, 1.807) is 26.1 Å². The van der Waals surface area contributed by atoms with E-state index < -0.39 is 6.10 Å². The SMILES string of the molecule is Cc1cc(Sc2ccccn2)c([C@H](C)O)cc1F. The standard InChI is InChI=1S/C14H14FNOS/c1-9-7-13(11(10(2)17)8-12(9)15)18-14-5-3-4-6-16-14/h3-8,10,17H,1-2H3/t10-/m0/s1. The third-order valence-corrected chi connectivity index (χ3v) is 3.62. The molecule has 0 aliphatic heterocycles.